The van der Waals surface area contributed by atoms with Gasteiger partial charge in [-0.25, -0.2) is 0 Å². The van der Waals surface area contributed by atoms with Crippen LogP contribution >= 0.6 is 23.7 Å². The van der Waals surface area contributed by atoms with E-state index < -0.39 is 6.04 Å². The molecule has 1 aromatic rings. The van der Waals surface area contributed by atoms with E-state index in [1.54, 1.807) is 11.3 Å². The minimum absolute atomic E-state index is 0. The van der Waals surface area contributed by atoms with Gasteiger partial charge in [0.2, 0.25) is 0 Å². The first-order chi connectivity index (χ1) is 5.74. The number of halogens is 1. The zero-order valence-electron chi connectivity index (χ0n) is 7.23. The number of hydrogen-bond donors (Lipinski definition) is 1. The number of ether oxygens (including phenoxy) is 1. The highest BCUT2D eigenvalue weighted by molar-refractivity contribution is 7.07. The van der Waals surface area contributed by atoms with Gasteiger partial charge in [-0.05, 0) is 28.8 Å². The van der Waals surface area contributed by atoms with Crippen molar-refractivity contribution in [1.29, 1.82) is 0 Å². The third kappa shape index (κ3) is 3.76. The van der Waals surface area contributed by atoms with E-state index in [0.717, 1.165) is 5.56 Å². The molecule has 0 spiro atoms. The standard InChI is InChI=1S/C8H11NO2S.ClH/c1-11-8(10)7(9)4-6-2-3-12-5-6;/h2-3,5,7H,4,9H2,1H3;1H/t7-;/m0./s1. The largest absolute Gasteiger partial charge is 0.468 e. The number of methoxy groups -OCH3 is 1. The molecule has 0 saturated carbocycles. The molecule has 0 fully saturated rings. The van der Waals surface area contributed by atoms with E-state index >= 15 is 0 Å². The summed E-state index contributed by atoms with van der Waals surface area (Å²) in [6.45, 7) is 0. The van der Waals surface area contributed by atoms with Crippen molar-refractivity contribution < 1.29 is 9.53 Å². The van der Waals surface area contributed by atoms with Crippen molar-refractivity contribution in [3.63, 3.8) is 0 Å². The van der Waals surface area contributed by atoms with Crippen molar-refractivity contribution in [2.45, 2.75) is 12.5 Å². The van der Waals surface area contributed by atoms with Crippen molar-refractivity contribution in [2.24, 2.45) is 5.73 Å². The summed E-state index contributed by atoms with van der Waals surface area (Å²) in [5.41, 5.74) is 6.63. The fraction of sp³-hybridized carbons (Fsp3) is 0.375. The van der Waals surface area contributed by atoms with Crippen LogP contribution < -0.4 is 5.73 Å². The highest BCUT2D eigenvalue weighted by Crippen LogP contribution is 2.08. The molecule has 0 radical (unpaired) electrons. The average molecular weight is 222 g/mol. The lowest BCUT2D eigenvalue weighted by molar-refractivity contribution is -0.142. The van der Waals surface area contributed by atoms with Crippen LogP contribution in [0.3, 0.4) is 0 Å². The number of carbonyl (C=O) groups excluding carboxylic acids is 1. The van der Waals surface area contributed by atoms with E-state index in [1.165, 1.54) is 7.11 Å². The maximum Gasteiger partial charge on any atom is 0.322 e. The second kappa shape index (κ2) is 5.96. The lowest BCUT2D eigenvalue weighted by atomic mass is 10.1. The van der Waals surface area contributed by atoms with Crippen molar-refractivity contribution in [1.82, 2.24) is 0 Å². The van der Waals surface area contributed by atoms with Crippen LogP contribution in [0.4, 0.5) is 0 Å². The van der Waals surface area contributed by atoms with Gasteiger partial charge < -0.3 is 10.5 Å². The topological polar surface area (TPSA) is 52.3 Å². The number of carbonyl (C=O) groups is 1. The number of esters is 1. The predicted molar refractivity (Wildman–Crippen MR) is 55.3 cm³/mol. The quantitative estimate of drug-likeness (QED) is 0.781. The van der Waals surface area contributed by atoms with Gasteiger partial charge in [0.25, 0.3) is 0 Å². The van der Waals surface area contributed by atoms with E-state index in [2.05, 4.69) is 4.74 Å². The third-order valence-corrected chi connectivity index (χ3v) is 2.27. The summed E-state index contributed by atoms with van der Waals surface area (Å²) in [4.78, 5) is 10.9. The van der Waals surface area contributed by atoms with Crippen molar-refractivity contribution >= 4 is 29.7 Å². The first-order valence-electron chi connectivity index (χ1n) is 3.58. The molecule has 74 valence electrons. The summed E-state index contributed by atoms with van der Waals surface area (Å²) >= 11 is 1.59. The Kier molecular flexibility index (Phi) is 5.70. The van der Waals surface area contributed by atoms with Crippen molar-refractivity contribution in [3.05, 3.63) is 22.4 Å². The van der Waals surface area contributed by atoms with Crippen LogP contribution in [0.2, 0.25) is 0 Å². The number of thiophene rings is 1. The maximum absolute atomic E-state index is 10.9. The summed E-state index contributed by atoms with van der Waals surface area (Å²) in [7, 11) is 1.34. The van der Waals surface area contributed by atoms with Crippen LogP contribution in [0, 0.1) is 0 Å². The second-order valence-electron chi connectivity index (χ2n) is 2.47. The van der Waals surface area contributed by atoms with Gasteiger partial charge in [0.05, 0.1) is 7.11 Å². The fourth-order valence-corrected chi connectivity index (χ4v) is 1.58. The molecule has 1 atom stereocenters. The molecule has 0 bridgehead atoms. The lowest BCUT2D eigenvalue weighted by Gasteiger charge is -2.06. The van der Waals surface area contributed by atoms with Gasteiger partial charge in [-0.3, -0.25) is 4.79 Å². The van der Waals surface area contributed by atoms with E-state index in [1.807, 2.05) is 16.8 Å². The van der Waals surface area contributed by atoms with Crippen LogP contribution in [0.15, 0.2) is 16.8 Å². The smallest absolute Gasteiger partial charge is 0.322 e. The summed E-state index contributed by atoms with van der Waals surface area (Å²) in [5, 5.41) is 3.93. The average Bonchev–Trinajstić information content (AvgIpc) is 2.55. The van der Waals surface area contributed by atoms with Gasteiger partial charge in [-0.15, -0.1) is 12.4 Å². The molecule has 0 amide bonds. The monoisotopic (exact) mass is 221 g/mol. The van der Waals surface area contributed by atoms with Gasteiger partial charge in [-0.2, -0.15) is 11.3 Å². The molecule has 0 unspecified atom stereocenters. The van der Waals surface area contributed by atoms with Gasteiger partial charge >= 0.3 is 5.97 Å². The molecule has 1 rings (SSSR count). The van der Waals surface area contributed by atoms with E-state index in [0.29, 0.717) is 6.42 Å². The summed E-state index contributed by atoms with van der Waals surface area (Å²) in [6, 6.07) is 1.41. The van der Waals surface area contributed by atoms with Gasteiger partial charge in [0, 0.05) is 0 Å². The number of rotatable bonds is 3. The molecule has 1 heterocycles. The van der Waals surface area contributed by atoms with E-state index in [-0.39, 0.29) is 18.4 Å². The molecular weight excluding hydrogens is 210 g/mol. The minimum Gasteiger partial charge on any atom is -0.468 e. The molecule has 13 heavy (non-hydrogen) atoms. The molecule has 2 N–H and O–H groups in total. The van der Waals surface area contributed by atoms with Crippen LogP contribution in [-0.2, 0) is 16.0 Å². The van der Waals surface area contributed by atoms with E-state index in [9.17, 15) is 4.79 Å². The van der Waals surface area contributed by atoms with Crippen LogP contribution in [0.5, 0.6) is 0 Å². The predicted octanol–water partition coefficient (Wildman–Crippen LogP) is 1.21. The molecule has 0 saturated heterocycles. The highest BCUT2D eigenvalue weighted by Gasteiger charge is 2.13. The first kappa shape index (κ1) is 12.4. The van der Waals surface area contributed by atoms with Crippen molar-refractivity contribution in [3.8, 4) is 0 Å². The van der Waals surface area contributed by atoms with Gasteiger partial charge in [0.1, 0.15) is 6.04 Å². The normalized spacial score (nSPS) is 11.5. The number of hydrogen-bond acceptors (Lipinski definition) is 4. The molecule has 5 heteroatoms. The minimum atomic E-state index is -0.537. The molecule has 0 aliphatic carbocycles. The third-order valence-electron chi connectivity index (χ3n) is 1.54. The SMILES string of the molecule is COC(=O)[C@@H](N)Cc1ccsc1.Cl. The molecule has 0 aliphatic rings. The Morgan fingerprint density at radius 2 is 2.46 bits per heavy atom. The van der Waals surface area contributed by atoms with Crippen molar-refractivity contribution in [2.75, 3.05) is 7.11 Å². The Bertz CT molecular complexity index is 251. The second-order valence-corrected chi connectivity index (χ2v) is 3.25. The van der Waals surface area contributed by atoms with Crippen LogP contribution in [0.1, 0.15) is 5.56 Å². The Morgan fingerprint density at radius 1 is 1.77 bits per heavy atom. The first-order valence-corrected chi connectivity index (χ1v) is 4.53. The number of nitrogens with two attached hydrogens (primary N) is 1. The maximum atomic E-state index is 10.9. The Morgan fingerprint density at radius 3 is 2.92 bits per heavy atom. The summed E-state index contributed by atoms with van der Waals surface area (Å²) < 4.78 is 4.50. The molecule has 1 aromatic heterocycles. The van der Waals surface area contributed by atoms with Gasteiger partial charge in [0.15, 0.2) is 0 Å². The van der Waals surface area contributed by atoms with Crippen LogP contribution in [0.25, 0.3) is 0 Å². The van der Waals surface area contributed by atoms with Crippen LogP contribution in [-0.4, -0.2) is 19.1 Å². The van der Waals surface area contributed by atoms with E-state index in [4.69, 9.17) is 5.73 Å². The molecule has 3 nitrogen and oxygen atoms in total. The molecular formula is C8H12ClNO2S. The zero-order chi connectivity index (χ0) is 8.97. The fourth-order valence-electron chi connectivity index (χ4n) is 0.897. The van der Waals surface area contributed by atoms with Gasteiger partial charge in [-0.1, -0.05) is 0 Å². The molecule has 0 aromatic carbocycles. The Labute approximate surface area is 87.3 Å². The molecule has 0 aliphatic heterocycles. The summed E-state index contributed by atoms with van der Waals surface area (Å²) in [5.74, 6) is -0.360. The Hall–Kier alpha value is -0.580. The highest BCUT2D eigenvalue weighted by atomic mass is 35.5. The Balaban J connectivity index is 0.00000144. The summed E-state index contributed by atoms with van der Waals surface area (Å²) in [6.07, 6.45) is 0.552. The zero-order valence-corrected chi connectivity index (χ0v) is 8.86. The lowest BCUT2D eigenvalue weighted by Crippen LogP contribution is -2.33.